The SMILES string of the molecule is CSCC(C)NC(=O)C(N)CCC(=O)O. The first-order valence-corrected chi connectivity index (χ1v) is 6.13. The summed E-state index contributed by atoms with van der Waals surface area (Å²) in [6.45, 7) is 1.89. The number of aliphatic carboxylic acids is 1. The third-order valence-electron chi connectivity index (χ3n) is 1.81. The van der Waals surface area contributed by atoms with Crippen LogP contribution >= 0.6 is 11.8 Å². The zero-order valence-electron chi connectivity index (χ0n) is 9.03. The molecule has 0 aliphatic heterocycles. The lowest BCUT2D eigenvalue weighted by Crippen LogP contribution is -2.45. The number of hydrogen-bond donors (Lipinski definition) is 3. The second-order valence-corrected chi connectivity index (χ2v) is 4.31. The van der Waals surface area contributed by atoms with Crippen LogP contribution in [0.4, 0.5) is 0 Å². The third kappa shape index (κ3) is 7.21. The van der Waals surface area contributed by atoms with Gasteiger partial charge in [0, 0.05) is 18.2 Å². The Balaban J connectivity index is 3.82. The van der Waals surface area contributed by atoms with Crippen LogP contribution in [-0.2, 0) is 9.59 Å². The summed E-state index contributed by atoms with van der Waals surface area (Å²) in [5.74, 6) is -0.398. The Morgan fingerprint density at radius 1 is 1.53 bits per heavy atom. The lowest BCUT2D eigenvalue weighted by Gasteiger charge is -2.16. The Hall–Kier alpha value is -0.750. The van der Waals surface area contributed by atoms with Crippen LogP contribution in [0.2, 0.25) is 0 Å². The number of carbonyl (C=O) groups excluding carboxylic acids is 1. The maximum absolute atomic E-state index is 11.4. The van der Waals surface area contributed by atoms with Gasteiger partial charge in [0.2, 0.25) is 5.91 Å². The molecule has 0 rings (SSSR count). The lowest BCUT2D eigenvalue weighted by atomic mass is 10.1. The van der Waals surface area contributed by atoms with E-state index in [1.54, 1.807) is 11.8 Å². The van der Waals surface area contributed by atoms with Gasteiger partial charge in [0.05, 0.1) is 6.04 Å². The number of nitrogens with two attached hydrogens (primary N) is 1. The number of carboxylic acid groups (broad SMARTS) is 1. The molecule has 0 aromatic carbocycles. The van der Waals surface area contributed by atoms with Crippen LogP contribution in [0.5, 0.6) is 0 Å². The highest BCUT2D eigenvalue weighted by molar-refractivity contribution is 7.98. The van der Waals surface area contributed by atoms with Gasteiger partial charge in [0.1, 0.15) is 0 Å². The summed E-state index contributed by atoms with van der Waals surface area (Å²) in [7, 11) is 0. The molecule has 15 heavy (non-hydrogen) atoms. The molecule has 5 nitrogen and oxygen atoms in total. The Morgan fingerprint density at radius 3 is 2.60 bits per heavy atom. The van der Waals surface area contributed by atoms with Gasteiger partial charge in [-0.1, -0.05) is 0 Å². The highest BCUT2D eigenvalue weighted by atomic mass is 32.2. The second-order valence-electron chi connectivity index (χ2n) is 3.40. The summed E-state index contributed by atoms with van der Waals surface area (Å²) < 4.78 is 0. The third-order valence-corrected chi connectivity index (χ3v) is 2.64. The minimum absolute atomic E-state index is 0.0587. The van der Waals surface area contributed by atoms with E-state index in [4.69, 9.17) is 10.8 Å². The van der Waals surface area contributed by atoms with E-state index < -0.39 is 12.0 Å². The largest absolute Gasteiger partial charge is 0.481 e. The number of carboxylic acids is 1. The Bertz CT molecular complexity index is 223. The van der Waals surface area contributed by atoms with E-state index in [1.807, 2.05) is 13.2 Å². The zero-order valence-corrected chi connectivity index (χ0v) is 9.84. The molecule has 1 amide bonds. The van der Waals surface area contributed by atoms with Crippen LogP contribution in [0.1, 0.15) is 19.8 Å². The van der Waals surface area contributed by atoms with Crippen molar-refractivity contribution < 1.29 is 14.7 Å². The van der Waals surface area contributed by atoms with Gasteiger partial charge < -0.3 is 16.2 Å². The average Bonchev–Trinajstić information content (AvgIpc) is 2.14. The predicted molar refractivity (Wildman–Crippen MR) is 60.8 cm³/mol. The summed E-state index contributed by atoms with van der Waals surface area (Å²) in [5.41, 5.74) is 5.53. The van der Waals surface area contributed by atoms with Gasteiger partial charge in [-0.3, -0.25) is 9.59 Å². The van der Waals surface area contributed by atoms with Crippen molar-refractivity contribution in [3.8, 4) is 0 Å². The Labute approximate surface area is 93.8 Å². The molecule has 0 aromatic heterocycles. The molecule has 0 spiro atoms. The van der Waals surface area contributed by atoms with Gasteiger partial charge in [-0.25, -0.2) is 0 Å². The molecule has 0 saturated carbocycles. The summed E-state index contributed by atoms with van der Waals surface area (Å²) in [4.78, 5) is 21.7. The number of carbonyl (C=O) groups is 2. The maximum Gasteiger partial charge on any atom is 0.303 e. The van der Waals surface area contributed by atoms with Gasteiger partial charge in [0.25, 0.3) is 0 Å². The van der Waals surface area contributed by atoms with E-state index in [9.17, 15) is 9.59 Å². The van der Waals surface area contributed by atoms with Crippen LogP contribution in [0.25, 0.3) is 0 Å². The zero-order chi connectivity index (χ0) is 11.8. The smallest absolute Gasteiger partial charge is 0.303 e. The first kappa shape index (κ1) is 14.2. The highest BCUT2D eigenvalue weighted by Crippen LogP contribution is 1.99. The molecule has 0 radical (unpaired) electrons. The van der Waals surface area contributed by atoms with Crippen molar-refractivity contribution in [2.24, 2.45) is 5.73 Å². The molecular formula is C9H18N2O3S. The minimum atomic E-state index is -0.935. The molecule has 0 aliphatic carbocycles. The number of hydrogen-bond acceptors (Lipinski definition) is 4. The first-order chi connectivity index (χ1) is 6.97. The van der Waals surface area contributed by atoms with Crippen molar-refractivity contribution in [1.82, 2.24) is 5.32 Å². The molecule has 0 fully saturated rings. The normalized spacial score (nSPS) is 14.3. The predicted octanol–water partition coefficient (Wildman–Crippen LogP) is 0.0462. The molecule has 0 heterocycles. The van der Waals surface area contributed by atoms with Crippen molar-refractivity contribution in [2.45, 2.75) is 31.8 Å². The molecule has 2 unspecified atom stereocenters. The van der Waals surface area contributed by atoms with Crippen LogP contribution in [-0.4, -0.2) is 41.1 Å². The van der Waals surface area contributed by atoms with Crippen molar-refractivity contribution in [2.75, 3.05) is 12.0 Å². The van der Waals surface area contributed by atoms with E-state index in [0.717, 1.165) is 5.75 Å². The molecule has 88 valence electrons. The molecule has 6 heteroatoms. The topological polar surface area (TPSA) is 92.4 Å². The second kappa shape index (κ2) is 7.53. The Kier molecular flexibility index (Phi) is 7.15. The molecule has 2 atom stereocenters. The molecule has 0 bridgehead atoms. The fraction of sp³-hybridized carbons (Fsp3) is 0.778. The van der Waals surface area contributed by atoms with Crippen molar-refractivity contribution in [3.05, 3.63) is 0 Å². The average molecular weight is 234 g/mol. The van der Waals surface area contributed by atoms with E-state index >= 15 is 0 Å². The van der Waals surface area contributed by atoms with Gasteiger partial charge >= 0.3 is 5.97 Å². The van der Waals surface area contributed by atoms with Gasteiger partial charge in [-0.15, -0.1) is 0 Å². The summed E-state index contributed by atoms with van der Waals surface area (Å²) in [6.07, 6.45) is 2.05. The standard InChI is InChI=1S/C9H18N2O3S/c1-6(5-15-2)11-9(14)7(10)3-4-8(12)13/h6-7H,3-5,10H2,1-2H3,(H,11,14)(H,12,13). The molecule has 0 aromatic rings. The van der Waals surface area contributed by atoms with Crippen LogP contribution in [0, 0.1) is 0 Å². The number of rotatable bonds is 7. The number of thioether (sulfide) groups is 1. The van der Waals surface area contributed by atoms with Gasteiger partial charge in [0.15, 0.2) is 0 Å². The fourth-order valence-electron chi connectivity index (χ4n) is 1.05. The van der Waals surface area contributed by atoms with Crippen molar-refractivity contribution in [1.29, 1.82) is 0 Å². The van der Waals surface area contributed by atoms with E-state index in [2.05, 4.69) is 5.32 Å². The van der Waals surface area contributed by atoms with Gasteiger partial charge in [-0.2, -0.15) is 11.8 Å². The van der Waals surface area contributed by atoms with Crippen LogP contribution in [0.3, 0.4) is 0 Å². The van der Waals surface area contributed by atoms with E-state index in [-0.39, 0.29) is 24.8 Å². The molecule has 0 aliphatic rings. The highest BCUT2D eigenvalue weighted by Gasteiger charge is 2.16. The van der Waals surface area contributed by atoms with Crippen molar-refractivity contribution in [3.63, 3.8) is 0 Å². The number of amides is 1. The van der Waals surface area contributed by atoms with Crippen molar-refractivity contribution >= 4 is 23.6 Å². The van der Waals surface area contributed by atoms with Gasteiger partial charge in [-0.05, 0) is 19.6 Å². The number of nitrogens with one attached hydrogen (secondary N) is 1. The quantitative estimate of drug-likeness (QED) is 0.578. The lowest BCUT2D eigenvalue weighted by molar-refractivity contribution is -0.137. The Morgan fingerprint density at radius 2 is 2.13 bits per heavy atom. The first-order valence-electron chi connectivity index (χ1n) is 4.74. The molecule has 0 saturated heterocycles. The monoisotopic (exact) mass is 234 g/mol. The fourth-order valence-corrected chi connectivity index (χ4v) is 1.63. The molecular weight excluding hydrogens is 216 g/mol. The summed E-state index contributed by atoms with van der Waals surface area (Å²) in [5, 5.41) is 11.1. The minimum Gasteiger partial charge on any atom is -0.481 e. The maximum atomic E-state index is 11.4. The summed E-state index contributed by atoms with van der Waals surface area (Å²) in [6, 6.07) is -0.672. The van der Waals surface area contributed by atoms with Crippen LogP contribution in [0.15, 0.2) is 0 Å². The van der Waals surface area contributed by atoms with E-state index in [0.29, 0.717) is 0 Å². The van der Waals surface area contributed by atoms with Crippen LogP contribution < -0.4 is 11.1 Å². The molecule has 4 N–H and O–H groups in total. The van der Waals surface area contributed by atoms with E-state index in [1.165, 1.54) is 0 Å². The summed E-state index contributed by atoms with van der Waals surface area (Å²) >= 11 is 1.63.